The summed E-state index contributed by atoms with van der Waals surface area (Å²) in [7, 11) is 0. The second kappa shape index (κ2) is 6.20. The largest absolute Gasteiger partial charge is 0.355 e. The van der Waals surface area contributed by atoms with Gasteiger partial charge in [0.15, 0.2) is 5.76 Å². The Bertz CT molecular complexity index is 823. The lowest BCUT2D eigenvalue weighted by molar-refractivity contribution is -0.123. The SMILES string of the molecule is O=C(NCCc1ccncc1)C1(c2cc(-c3cccs3)on2)CC1. The molecule has 1 aliphatic rings. The van der Waals surface area contributed by atoms with Crippen molar-refractivity contribution in [3.05, 3.63) is 59.4 Å². The van der Waals surface area contributed by atoms with E-state index in [9.17, 15) is 4.79 Å². The highest BCUT2D eigenvalue weighted by Gasteiger charge is 2.53. The van der Waals surface area contributed by atoms with E-state index in [-0.39, 0.29) is 5.91 Å². The van der Waals surface area contributed by atoms with E-state index < -0.39 is 5.41 Å². The van der Waals surface area contributed by atoms with E-state index in [0.717, 1.165) is 41.2 Å². The van der Waals surface area contributed by atoms with Gasteiger partial charge in [0.05, 0.1) is 16.0 Å². The molecule has 3 heterocycles. The first kappa shape index (κ1) is 15.1. The van der Waals surface area contributed by atoms with Crippen LogP contribution in [-0.4, -0.2) is 22.6 Å². The molecule has 0 bridgehead atoms. The molecule has 3 aromatic heterocycles. The van der Waals surface area contributed by atoms with Crippen LogP contribution in [0.15, 0.2) is 52.6 Å². The number of rotatable bonds is 6. The van der Waals surface area contributed by atoms with Crippen molar-refractivity contribution in [2.75, 3.05) is 6.54 Å². The smallest absolute Gasteiger partial charge is 0.232 e. The van der Waals surface area contributed by atoms with Gasteiger partial charge in [-0.05, 0) is 48.4 Å². The minimum atomic E-state index is -0.503. The van der Waals surface area contributed by atoms with Crippen molar-refractivity contribution in [2.24, 2.45) is 0 Å². The second-order valence-corrected chi connectivity index (χ2v) is 6.94. The molecule has 4 rings (SSSR count). The Morgan fingerprint density at radius 1 is 1.29 bits per heavy atom. The first-order valence-corrected chi connectivity index (χ1v) is 8.84. The van der Waals surface area contributed by atoms with E-state index >= 15 is 0 Å². The van der Waals surface area contributed by atoms with Crippen molar-refractivity contribution in [1.29, 1.82) is 0 Å². The van der Waals surface area contributed by atoms with Crippen molar-refractivity contribution in [2.45, 2.75) is 24.7 Å². The zero-order valence-corrected chi connectivity index (χ0v) is 13.9. The van der Waals surface area contributed by atoms with Crippen LogP contribution in [0.1, 0.15) is 24.1 Å². The van der Waals surface area contributed by atoms with Crippen LogP contribution in [0.3, 0.4) is 0 Å². The maximum atomic E-state index is 12.6. The van der Waals surface area contributed by atoms with Crippen LogP contribution in [0, 0.1) is 0 Å². The first-order valence-electron chi connectivity index (χ1n) is 7.96. The van der Waals surface area contributed by atoms with E-state index in [1.54, 1.807) is 23.7 Å². The number of hydrogen-bond donors (Lipinski definition) is 1. The third-order valence-corrected chi connectivity index (χ3v) is 5.28. The minimum Gasteiger partial charge on any atom is -0.355 e. The van der Waals surface area contributed by atoms with E-state index in [4.69, 9.17) is 4.52 Å². The summed E-state index contributed by atoms with van der Waals surface area (Å²) in [6.45, 7) is 0.611. The van der Waals surface area contributed by atoms with E-state index in [1.165, 1.54) is 0 Å². The summed E-state index contributed by atoms with van der Waals surface area (Å²) >= 11 is 1.60. The van der Waals surface area contributed by atoms with Gasteiger partial charge in [-0.1, -0.05) is 11.2 Å². The zero-order chi connectivity index (χ0) is 16.4. The van der Waals surface area contributed by atoms with Crippen LogP contribution in [-0.2, 0) is 16.6 Å². The summed E-state index contributed by atoms with van der Waals surface area (Å²) in [5, 5.41) is 9.19. The van der Waals surface area contributed by atoms with Crippen LogP contribution in [0.2, 0.25) is 0 Å². The topological polar surface area (TPSA) is 68.0 Å². The summed E-state index contributed by atoms with van der Waals surface area (Å²) < 4.78 is 5.43. The van der Waals surface area contributed by atoms with Gasteiger partial charge >= 0.3 is 0 Å². The number of carbonyl (C=O) groups excluding carboxylic acids is 1. The molecule has 0 spiro atoms. The average Bonchev–Trinajstić information content (AvgIpc) is 3.02. The highest BCUT2D eigenvalue weighted by Crippen LogP contribution is 2.48. The molecule has 1 aliphatic carbocycles. The summed E-state index contributed by atoms with van der Waals surface area (Å²) in [4.78, 5) is 17.6. The molecule has 0 saturated heterocycles. The van der Waals surface area contributed by atoms with Gasteiger partial charge in [-0.25, -0.2) is 0 Å². The van der Waals surface area contributed by atoms with E-state index in [1.807, 2.05) is 35.7 Å². The Morgan fingerprint density at radius 2 is 2.12 bits per heavy atom. The molecule has 5 nitrogen and oxygen atoms in total. The van der Waals surface area contributed by atoms with Gasteiger partial charge < -0.3 is 9.84 Å². The van der Waals surface area contributed by atoms with Crippen molar-refractivity contribution >= 4 is 17.2 Å². The molecule has 6 heteroatoms. The number of thiophene rings is 1. The second-order valence-electron chi connectivity index (χ2n) is 6.00. The quantitative estimate of drug-likeness (QED) is 0.749. The molecule has 0 aliphatic heterocycles. The Hall–Kier alpha value is -2.47. The third kappa shape index (κ3) is 2.85. The molecule has 122 valence electrons. The van der Waals surface area contributed by atoms with Gasteiger partial charge in [0, 0.05) is 25.0 Å². The average molecular weight is 339 g/mol. The van der Waals surface area contributed by atoms with Crippen LogP contribution < -0.4 is 5.32 Å². The van der Waals surface area contributed by atoms with Crippen molar-refractivity contribution < 1.29 is 9.32 Å². The lowest BCUT2D eigenvalue weighted by Crippen LogP contribution is -2.36. The van der Waals surface area contributed by atoms with Crippen molar-refractivity contribution in [1.82, 2.24) is 15.5 Å². The summed E-state index contributed by atoms with van der Waals surface area (Å²) in [5.41, 5.74) is 1.40. The lowest BCUT2D eigenvalue weighted by atomic mass is 10.0. The fraction of sp³-hybridized carbons (Fsp3) is 0.278. The molecule has 24 heavy (non-hydrogen) atoms. The van der Waals surface area contributed by atoms with Gasteiger partial charge in [-0.3, -0.25) is 9.78 Å². The Balaban J connectivity index is 1.41. The fourth-order valence-electron chi connectivity index (χ4n) is 2.80. The zero-order valence-electron chi connectivity index (χ0n) is 13.1. The first-order chi connectivity index (χ1) is 11.8. The standard InChI is InChI=1S/C18H17N3O2S/c22-17(20-10-5-13-3-8-19-9-4-13)18(6-7-18)16-12-14(23-21-16)15-2-1-11-24-15/h1-4,8-9,11-12H,5-7,10H2,(H,20,22). The molecule has 0 atom stereocenters. The number of aromatic nitrogens is 2. The van der Waals surface area contributed by atoms with Crippen LogP contribution in [0.5, 0.6) is 0 Å². The maximum Gasteiger partial charge on any atom is 0.232 e. The molecule has 1 amide bonds. The predicted molar refractivity (Wildman–Crippen MR) is 91.7 cm³/mol. The number of nitrogens with zero attached hydrogens (tertiary/aromatic N) is 2. The van der Waals surface area contributed by atoms with Crippen molar-refractivity contribution in [3.63, 3.8) is 0 Å². The van der Waals surface area contributed by atoms with Crippen LogP contribution >= 0.6 is 11.3 Å². The van der Waals surface area contributed by atoms with Crippen molar-refractivity contribution in [3.8, 4) is 10.6 Å². The monoisotopic (exact) mass is 339 g/mol. The highest BCUT2D eigenvalue weighted by molar-refractivity contribution is 7.13. The van der Waals surface area contributed by atoms with Gasteiger partial charge in [-0.15, -0.1) is 11.3 Å². The number of carbonyl (C=O) groups is 1. The maximum absolute atomic E-state index is 12.6. The normalized spacial score (nSPS) is 15.2. The van der Waals surface area contributed by atoms with Crippen LogP contribution in [0.4, 0.5) is 0 Å². The molecule has 3 aromatic rings. The predicted octanol–water partition coefficient (Wildman–Crippen LogP) is 3.19. The van der Waals surface area contributed by atoms with Crippen LogP contribution in [0.25, 0.3) is 10.6 Å². The Kier molecular flexibility index (Phi) is 3.90. The lowest BCUT2D eigenvalue weighted by Gasteiger charge is -2.12. The Morgan fingerprint density at radius 3 is 2.83 bits per heavy atom. The molecule has 0 radical (unpaired) electrons. The number of nitrogens with one attached hydrogen (secondary N) is 1. The van der Waals surface area contributed by atoms with E-state index in [2.05, 4.69) is 15.5 Å². The molecular weight excluding hydrogens is 322 g/mol. The molecule has 0 unspecified atom stereocenters. The summed E-state index contributed by atoms with van der Waals surface area (Å²) in [6.07, 6.45) is 5.97. The third-order valence-electron chi connectivity index (χ3n) is 4.40. The fourth-order valence-corrected chi connectivity index (χ4v) is 3.47. The molecule has 1 saturated carbocycles. The van der Waals surface area contributed by atoms with Gasteiger partial charge in [0.25, 0.3) is 0 Å². The molecule has 1 fully saturated rings. The number of hydrogen-bond acceptors (Lipinski definition) is 5. The van der Waals surface area contributed by atoms with Gasteiger partial charge in [-0.2, -0.15) is 0 Å². The minimum absolute atomic E-state index is 0.0441. The summed E-state index contributed by atoms with van der Waals surface area (Å²) in [5.74, 6) is 0.776. The van der Waals surface area contributed by atoms with Gasteiger partial charge in [0.2, 0.25) is 5.91 Å². The number of pyridine rings is 1. The summed E-state index contributed by atoms with van der Waals surface area (Å²) in [6, 6.07) is 9.79. The van der Waals surface area contributed by atoms with E-state index in [0.29, 0.717) is 6.54 Å². The number of amides is 1. The highest BCUT2D eigenvalue weighted by atomic mass is 32.1. The Labute approximate surface area is 143 Å². The molecule has 1 N–H and O–H groups in total. The van der Waals surface area contributed by atoms with Gasteiger partial charge in [0.1, 0.15) is 0 Å². The molecule has 0 aromatic carbocycles. The molecular formula is C18H17N3O2S.